The molecule has 2 aromatic heterocycles. The van der Waals surface area contributed by atoms with Crippen molar-refractivity contribution in [1.29, 1.82) is 0 Å². The van der Waals surface area contributed by atoms with Crippen LogP contribution in [0.1, 0.15) is 40.3 Å². The van der Waals surface area contributed by atoms with Gasteiger partial charge in [0.15, 0.2) is 5.65 Å². The molecule has 0 atom stereocenters. The predicted octanol–water partition coefficient (Wildman–Crippen LogP) is 4.16. The van der Waals surface area contributed by atoms with Gasteiger partial charge in [-0.1, -0.05) is 18.1 Å². The van der Waals surface area contributed by atoms with Crippen molar-refractivity contribution >= 4 is 17.2 Å². The maximum absolute atomic E-state index is 12.8. The summed E-state index contributed by atoms with van der Waals surface area (Å²) in [5.41, 5.74) is 3.73. The number of nitrogens with zero attached hydrogens (tertiary/aromatic N) is 4. The Hall–Kier alpha value is -4.15. The molecule has 1 aliphatic heterocycles. The highest BCUT2D eigenvalue weighted by Gasteiger charge is 2.11. The second-order valence-electron chi connectivity index (χ2n) is 8.59. The van der Waals surface area contributed by atoms with Crippen LogP contribution in [0.15, 0.2) is 66.7 Å². The van der Waals surface area contributed by atoms with Gasteiger partial charge in [-0.25, -0.2) is 0 Å². The summed E-state index contributed by atoms with van der Waals surface area (Å²) < 4.78 is 7.75. The fourth-order valence-electron chi connectivity index (χ4n) is 4.18. The summed E-state index contributed by atoms with van der Waals surface area (Å²) in [6.07, 6.45) is 2.56. The minimum absolute atomic E-state index is 0.194. The molecule has 1 fully saturated rings. The molecule has 0 aliphatic carbocycles. The van der Waals surface area contributed by atoms with Crippen LogP contribution in [-0.4, -0.2) is 51.6 Å². The second kappa shape index (κ2) is 10.4. The number of hydrogen-bond acceptors (Lipinski definition) is 5. The molecule has 1 N–H and O–H groups in total. The maximum Gasteiger partial charge on any atom is 0.255 e. The molecule has 1 aliphatic rings. The van der Waals surface area contributed by atoms with E-state index in [0.29, 0.717) is 23.7 Å². The quantitative estimate of drug-likeness (QED) is 0.433. The van der Waals surface area contributed by atoms with E-state index >= 15 is 0 Å². The van der Waals surface area contributed by atoms with Crippen molar-refractivity contribution in [1.82, 2.24) is 19.5 Å². The number of carbonyl (C=O) groups excluding carboxylic acids is 1. The van der Waals surface area contributed by atoms with E-state index in [4.69, 9.17) is 4.74 Å². The van der Waals surface area contributed by atoms with E-state index in [2.05, 4.69) is 32.3 Å². The van der Waals surface area contributed by atoms with Crippen LogP contribution >= 0.6 is 0 Å². The van der Waals surface area contributed by atoms with Gasteiger partial charge >= 0.3 is 0 Å². The average Bonchev–Trinajstić information content (AvgIpc) is 3.55. The van der Waals surface area contributed by atoms with Gasteiger partial charge in [-0.3, -0.25) is 14.1 Å². The standard InChI is InChI=1S/C28H27N5O2/c1-21-6-4-9-26-30-31-27(33(21)26)15-10-22-7-5-8-23(20-22)28(34)29-24-11-13-25(14-12-24)35-19-18-32-16-2-3-17-32/h4-9,11-14,20H,2-3,16-19H2,1H3,(H,29,34). The van der Waals surface area contributed by atoms with E-state index in [1.165, 1.54) is 12.8 Å². The van der Waals surface area contributed by atoms with Gasteiger partial charge in [0.05, 0.1) is 0 Å². The number of rotatable bonds is 6. The predicted molar refractivity (Wildman–Crippen MR) is 136 cm³/mol. The summed E-state index contributed by atoms with van der Waals surface area (Å²) in [6.45, 7) is 5.94. The summed E-state index contributed by atoms with van der Waals surface area (Å²) in [6, 6.07) is 20.5. The molecule has 3 heterocycles. The van der Waals surface area contributed by atoms with Crippen molar-refractivity contribution in [2.45, 2.75) is 19.8 Å². The minimum atomic E-state index is -0.194. The lowest BCUT2D eigenvalue weighted by molar-refractivity contribution is 0.102. The van der Waals surface area contributed by atoms with E-state index < -0.39 is 0 Å². The number of benzene rings is 2. The molecule has 2 aromatic carbocycles. The fraction of sp³-hybridized carbons (Fsp3) is 0.250. The van der Waals surface area contributed by atoms with E-state index in [0.717, 1.165) is 42.3 Å². The van der Waals surface area contributed by atoms with Crippen LogP contribution < -0.4 is 10.1 Å². The van der Waals surface area contributed by atoms with Gasteiger partial charge in [0.2, 0.25) is 5.82 Å². The number of carbonyl (C=O) groups is 1. The third-order valence-electron chi connectivity index (χ3n) is 6.05. The lowest BCUT2D eigenvalue weighted by Crippen LogP contribution is -2.25. The molecule has 7 nitrogen and oxygen atoms in total. The molecule has 7 heteroatoms. The first-order chi connectivity index (χ1) is 17.2. The van der Waals surface area contributed by atoms with Crippen molar-refractivity contribution in [3.8, 4) is 17.6 Å². The van der Waals surface area contributed by atoms with E-state index in [-0.39, 0.29) is 5.91 Å². The summed E-state index contributed by atoms with van der Waals surface area (Å²) in [7, 11) is 0. The molecule has 176 valence electrons. The number of ether oxygens (including phenoxy) is 1. The third-order valence-corrected chi connectivity index (χ3v) is 6.05. The van der Waals surface area contributed by atoms with Gasteiger partial charge < -0.3 is 10.1 Å². The molecule has 35 heavy (non-hydrogen) atoms. The van der Waals surface area contributed by atoms with Gasteiger partial charge in [-0.2, -0.15) is 0 Å². The van der Waals surface area contributed by atoms with Crippen molar-refractivity contribution in [3.63, 3.8) is 0 Å². The normalized spacial score (nSPS) is 13.4. The molecule has 1 amide bonds. The summed E-state index contributed by atoms with van der Waals surface area (Å²) in [5, 5.41) is 11.3. The van der Waals surface area contributed by atoms with Crippen LogP contribution in [0, 0.1) is 18.8 Å². The molecule has 0 saturated carbocycles. The molecule has 0 spiro atoms. The topological polar surface area (TPSA) is 71.8 Å². The van der Waals surface area contributed by atoms with Gasteiger partial charge in [0.1, 0.15) is 12.4 Å². The monoisotopic (exact) mass is 465 g/mol. The average molecular weight is 466 g/mol. The molecule has 0 unspecified atom stereocenters. The van der Waals surface area contributed by atoms with Gasteiger partial charge in [0.25, 0.3) is 5.91 Å². The number of aromatic nitrogens is 3. The Morgan fingerprint density at radius 1 is 1.00 bits per heavy atom. The van der Waals surface area contributed by atoms with Crippen LogP contribution in [0.3, 0.4) is 0 Å². The third kappa shape index (κ3) is 5.51. The zero-order chi connectivity index (χ0) is 24.0. The highest BCUT2D eigenvalue weighted by atomic mass is 16.5. The zero-order valence-corrected chi connectivity index (χ0v) is 19.7. The SMILES string of the molecule is Cc1cccc2nnc(C#Cc3cccc(C(=O)Nc4ccc(OCCN5CCCC5)cc4)c3)n12. The van der Waals surface area contributed by atoms with Crippen molar-refractivity contribution in [2.75, 3.05) is 31.6 Å². The Bertz CT molecular complexity index is 1390. The molecule has 4 aromatic rings. The number of anilines is 1. The Labute approximate surface area is 204 Å². The van der Waals surface area contributed by atoms with Crippen LogP contribution in [-0.2, 0) is 0 Å². The Morgan fingerprint density at radius 3 is 2.63 bits per heavy atom. The zero-order valence-electron chi connectivity index (χ0n) is 19.7. The first-order valence-electron chi connectivity index (χ1n) is 11.9. The number of aryl methyl sites for hydroxylation is 1. The number of amides is 1. The minimum Gasteiger partial charge on any atom is -0.492 e. The Balaban J connectivity index is 1.21. The maximum atomic E-state index is 12.8. The first kappa shape index (κ1) is 22.6. The first-order valence-corrected chi connectivity index (χ1v) is 11.9. The van der Waals surface area contributed by atoms with Crippen LogP contribution in [0.25, 0.3) is 5.65 Å². The summed E-state index contributed by atoms with van der Waals surface area (Å²) >= 11 is 0. The molecule has 5 rings (SSSR count). The van der Waals surface area contributed by atoms with E-state index in [9.17, 15) is 4.79 Å². The van der Waals surface area contributed by atoms with Crippen LogP contribution in [0.4, 0.5) is 5.69 Å². The smallest absolute Gasteiger partial charge is 0.255 e. The van der Waals surface area contributed by atoms with Crippen molar-refractivity contribution in [3.05, 3.63) is 89.4 Å². The number of pyridine rings is 1. The van der Waals surface area contributed by atoms with Crippen molar-refractivity contribution in [2.24, 2.45) is 0 Å². The van der Waals surface area contributed by atoms with Crippen molar-refractivity contribution < 1.29 is 9.53 Å². The highest BCUT2D eigenvalue weighted by Crippen LogP contribution is 2.17. The van der Waals surface area contributed by atoms with E-state index in [1.54, 1.807) is 12.1 Å². The van der Waals surface area contributed by atoms with Crippen LogP contribution in [0.5, 0.6) is 5.75 Å². The lowest BCUT2D eigenvalue weighted by Gasteiger charge is -2.15. The molecular formula is C28H27N5O2. The number of fused-ring (bicyclic) bond motifs is 1. The largest absolute Gasteiger partial charge is 0.492 e. The summed E-state index contributed by atoms with van der Waals surface area (Å²) in [4.78, 5) is 15.2. The number of likely N-dealkylation sites (tertiary alicyclic amines) is 1. The Morgan fingerprint density at radius 2 is 1.80 bits per heavy atom. The second-order valence-corrected chi connectivity index (χ2v) is 8.59. The number of nitrogens with one attached hydrogen (secondary N) is 1. The van der Waals surface area contributed by atoms with E-state index in [1.807, 2.05) is 65.9 Å². The Kier molecular flexibility index (Phi) is 6.73. The number of hydrogen-bond donors (Lipinski definition) is 1. The lowest BCUT2D eigenvalue weighted by atomic mass is 10.1. The molecule has 1 saturated heterocycles. The van der Waals surface area contributed by atoms with Gasteiger partial charge in [-0.05, 0) is 93.4 Å². The summed E-state index contributed by atoms with van der Waals surface area (Å²) in [5.74, 6) is 7.34. The molecule has 0 bridgehead atoms. The fourth-order valence-corrected chi connectivity index (χ4v) is 4.18. The van der Waals surface area contributed by atoms with Gasteiger partial charge in [-0.15, -0.1) is 10.2 Å². The van der Waals surface area contributed by atoms with Crippen LogP contribution in [0.2, 0.25) is 0 Å². The van der Waals surface area contributed by atoms with Gasteiger partial charge in [0, 0.05) is 29.1 Å². The molecule has 0 radical (unpaired) electrons. The highest BCUT2D eigenvalue weighted by molar-refractivity contribution is 6.04. The molecular weight excluding hydrogens is 438 g/mol.